The molecule has 1 heterocycles. The Labute approximate surface area is 412 Å². The third kappa shape index (κ3) is 27.0. The fourth-order valence-corrected chi connectivity index (χ4v) is 36.2. The molecule has 0 N–H and O–H groups in total. The highest BCUT2D eigenvalue weighted by Crippen LogP contribution is 2.42. The zero-order chi connectivity index (χ0) is 47.9. The van der Waals surface area contributed by atoms with Crippen molar-refractivity contribution in [3.05, 3.63) is 61.4 Å². The van der Waals surface area contributed by atoms with Gasteiger partial charge in [-0.2, -0.15) is 0 Å². The number of hydrogen-bond acceptors (Lipinski definition) is 5. The van der Waals surface area contributed by atoms with Gasteiger partial charge in [-0.05, 0) is 30.2 Å². The van der Waals surface area contributed by atoms with Gasteiger partial charge in [0.2, 0.25) is 0 Å². The van der Waals surface area contributed by atoms with Gasteiger partial charge >= 0.3 is 42.8 Å². The lowest BCUT2D eigenvalue weighted by atomic mass is 10.1. The zero-order valence-corrected chi connectivity index (χ0v) is 49.2. The fourth-order valence-electron chi connectivity index (χ4n) is 9.65. The van der Waals surface area contributed by atoms with Crippen LogP contribution in [0.3, 0.4) is 0 Å². The molecule has 0 spiro atoms. The molecule has 0 bridgehead atoms. The minimum absolute atomic E-state index is 0.845. The third-order valence-electron chi connectivity index (χ3n) is 13.9. The minimum atomic E-state index is -3.20. The lowest BCUT2D eigenvalue weighted by molar-refractivity contribution is 0.232. The average molecular weight is 992 g/mol. The zero-order valence-electron chi connectivity index (χ0n) is 44.2. The molecule has 0 amide bonds. The molecule has 0 aromatic rings. The highest BCUT2D eigenvalue weighted by Gasteiger charge is 2.59. The lowest BCUT2D eigenvalue weighted by Gasteiger charge is -2.51. The Hall–Kier alpha value is -0.416. The Kier molecular flexibility index (Phi) is 37.9. The van der Waals surface area contributed by atoms with Crippen LogP contribution in [0.15, 0.2) is 61.4 Å². The molecule has 1 aliphatic heterocycles. The monoisotopic (exact) mass is 991 g/mol. The van der Waals surface area contributed by atoms with Crippen LogP contribution in [0.4, 0.5) is 0 Å². The summed E-state index contributed by atoms with van der Waals surface area (Å²) in [4.78, 5) is 0. The van der Waals surface area contributed by atoms with E-state index in [0.29, 0.717) is 0 Å². The molecule has 1 rings (SSSR count). The van der Waals surface area contributed by atoms with Crippen molar-refractivity contribution in [1.82, 2.24) is 0 Å². The summed E-state index contributed by atoms with van der Waals surface area (Å²) in [6.07, 6.45) is 43.1. The molecular formula is C55H110O5Si5. The Balaban J connectivity index is 4.00. The molecular weight excluding hydrogens is 881 g/mol. The molecule has 0 radical (unpaired) electrons. The maximum atomic E-state index is 7.90. The van der Waals surface area contributed by atoms with E-state index < -0.39 is 42.8 Å². The van der Waals surface area contributed by atoms with Gasteiger partial charge in [-0.25, -0.2) is 0 Å². The molecule has 1 aliphatic rings. The Bertz CT molecular complexity index is 980. The predicted molar refractivity (Wildman–Crippen MR) is 299 cm³/mol. The van der Waals surface area contributed by atoms with Crippen molar-refractivity contribution in [1.29, 1.82) is 0 Å². The summed E-state index contributed by atoms with van der Waals surface area (Å²) in [6, 6.07) is 4.23. The summed E-state index contributed by atoms with van der Waals surface area (Å²) in [7, 11) is -16.0. The van der Waals surface area contributed by atoms with Gasteiger partial charge in [0.25, 0.3) is 0 Å². The summed E-state index contributed by atoms with van der Waals surface area (Å²) in [5, 5.41) is 0. The highest BCUT2D eigenvalue weighted by molar-refractivity contribution is 6.99. The molecule has 0 atom stereocenters. The number of hydrogen-bond donors (Lipinski definition) is 0. The van der Waals surface area contributed by atoms with E-state index in [1.807, 2.05) is 0 Å². The van der Waals surface area contributed by atoms with Crippen molar-refractivity contribution in [3.63, 3.8) is 0 Å². The van der Waals surface area contributed by atoms with Crippen LogP contribution in [0, 0.1) is 0 Å². The van der Waals surface area contributed by atoms with Crippen LogP contribution in [-0.4, -0.2) is 42.8 Å². The second kappa shape index (κ2) is 39.3. The van der Waals surface area contributed by atoms with Crippen molar-refractivity contribution in [2.24, 2.45) is 0 Å². The van der Waals surface area contributed by atoms with Gasteiger partial charge in [-0.1, -0.05) is 288 Å². The van der Waals surface area contributed by atoms with E-state index in [9.17, 15) is 0 Å². The Morgan fingerprint density at radius 2 is 0.338 bits per heavy atom. The van der Waals surface area contributed by atoms with Gasteiger partial charge in [0.1, 0.15) is 0 Å². The van der Waals surface area contributed by atoms with Gasteiger partial charge in [0.05, 0.1) is 0 Å². The van der Waals surface area contributed by atoms with Gasteiger partial charge in [0, 0.05) is 0 Å². The molecule has 0 unspecified atom stereocenters. The summed E-state index contributed by atoms with van der Waals surface area (Å²) in [6.45, 7) is 34.6. The van der Waals surface area contributed by atoms with Crippen molar-refractivity contribution in [3.8, 4) is 0 Å². The van der Waals surface area contributed by atoms with E-state index in [1.165, 1.54) is 161 Å². The summed E-state index contributed by atoms with van der Waals surface area (Å²) in [5.74, 6) is 0. The Morgan fingerprint density at radius 1 is 0.215 bits per heavy atom. The fraction of sp³-hybridized carbons (Fsp3) is 0.818. The quantitative estimate of drug-likeness (QED) is 0.0449. The summed E-state index contributed by atoms with van der Waals surface area (Å²) in [5.41, 5.74) is 10.6. The van der Waals surface area contributed by atoms with Crippen LogP contribution in [0.5, 0.6) is 0 Å². The lowest BCUT2D eigenvalue weighted by Crippen LogP contribution is -2.68. The predicted octanol–water partition coefficient (Wildman–Crippen LogP) is 19.7. The van der Waals surface area contributed by atoms with Gasteiger partial charge in [-0.3, -0.25) is 0 Å². The SMILES string of the molecule is C=C[Si]1(CCCCCCCCC)O[Si](C=C)(CCCCCCCCC)O[Si](C=C)(CCCCCCCCC)O[Si](C=C)(CCCCCCCCC)O[Si](C=C)(CCCCCCCCC)O1. The molecule has 5 nitrogen and oxygen atoms in total. The van der Waals surface area contributed by atoms with Crippen LogP contribution in [-0.2, 0) is 20.6 Å². The van der Waals surface area contributed by atoms with Crippen molar-refractivity contribution >= 4 is 42.8 Å². The number of unbranched alkanes of at least 4 members (excludes halogenated alkanes) is 30. The van der Waals surface area contributed by atoms with Gasteiger partial charge < -0.3 is 20.6 Å². The van der Waals surface area contributed by atoms with E-state index in [-0.39, 0.29) is 0 Å². The molecule has 10 heteroatoms. The summed E-state index contributed by atoms with van der Waals surface area (Å²) >= 11 is 0. The first-order chi connectivity index (χ1) is 31.6. The van der Waals surface area contributed by atoms with Gasteiger partial charge in [0.15, 0.2) is 0 Å². The first kappa shape index (κ1) is 62.6. The van der Waals surface area contributed by atoms with E-state index in [2.05, 4.69) is 96.0 Å². The second-order valence-electron chi connectivity index (χ2n) is 19.9. The maximum Gasteiger partial charge on any atom is 0.347 e. The molecule has 0 saturated carbocycles. The largest absolute Gasteiger partial charge is 0.409 e. The van der Waals surface area contributed by atoms with Crippen molar-refractivity contribution in [2.45, 2.75) is 290 Å². The van der Waals surface area contributed by atoms with E-state index in [1.54, 1.807) is 0 Å². The van der Waals surface area contributed by atoms with Crippen LogP contribution in [0.2, 0.25) is 30.2 Å². The normalized spacial score (nSPS) is 25.0. The van der Waals surface area contributed by atoms with Crippen molar-refractivity contribution < 1.29 is 20.6 Å². The second-order valence-corrected chi connectivity index (χ2v) is 36.7. The van der Waals surface area contributed by atoms with Crippen LogP contribution < -0.4 is 0 Å². The Morgan fingerprint density at radius 3 is 0.462 bits per heavy atom. The molecule has 0 aliphatic carbocycles. The molecule has 1 saturated heterocycles. The molecule has 0 aromatic heterocycles. The highest BCUT2D eigenvalue weighted by atomic mass is 28.5. The minimum Gasteiger partial charge on any atom is -0.409 e. The van der Waals surface area contributed by atoms with Crippen molar-refractivity contribution in [2.75, 3.05) is 0 Å². The van der Waals surface area contributed by atoms with Crippen LogP contribution >= 0.6 is 0 Å². The number of rotatable bonds is 45. The topological polar surface area (TPSA) is 46.2 Å². The molecule has 65 heavy (non-hydrogen) atoms. The van der Waals surface area contributed by atoms with Gasteiger partial charge in [-0.15, -0.1) is 32.9 Å². The maximum absolute atomic E-state index is 7.90. The van der Waals surface area contributed by atoms with E-state index in [0.717, 1.165) is 94.4 Å². The first-order valence-corrected chi connectivity index (χ1v) is 38.8. The van der Waals surface area contributed by atoms with E-state index >= 15 is 0 Å². The third-order valence-corrected chi connectivity index (χ3v) is 36.1. The molecule has 380 valence electrons. The van der Waals surface area contributed by atoms with Crippen LogP contribution in [0.25, 0.3) is 0 Å². The smallest absolute Gasteiger partial charge is 0.347 e. The van der Waals surface area contributed by atoms with Crippen LogP contribution in [0.1, 0.15) is 259 Å². The molecule has 0 aromatic carbocycles. The molecule has 1 fully saturated rings. The summed E-state index contributed by atoms with van der Waals surface area (Å²) < 4.78 is 39.5. The standard InChI is InChI=1S/C55H110O5Si5/c1-11-21-26-31-36-41-46-51-61(16-6)56-62(17-7,52-47-42-37-32-27-22-12-2)58-64(19-9,54-49-44-39-34-29-24-14-4)60-65(20-10,55-50-45-40-35-30-25-15-5)59-63(18-8,57-61)53-48-43-38-33-28-23-13-3/h16-20H,6-15,21-55H2,1-5H3. The van der Waals surface area contributed by atoms with E-state index in [4.69, 9.17) is 20.6 Å². The first-order valence-electron chi connectivity index (χ1n) is 28.3. The average Bonchev–Trinajstić information content (AvgIpc) is 3.32.